The van der Waals surface area contributed by atoms with Crippen LogP contribution in [0.15, 0.2) is 29.6 Å². The van der Waals surface area contributed by atoms with Crippen LogP contribution in [0.5, 0.6) is 0 Å². The maximum atomic E-state index is 11.7. The average Bonchev–Trinajstić information content (AvgIpc) is 3.14. The summed E-state index contributed by atoms with van der Waals surface area (Å²) in [5.74, 6) is 0.536. The van der Waals surface area contributed by atoms with Crippen molar-refractivity contribution in [1.82, 2.24) is 5.32 Å². The Morgan fingerprint density at radius 3 is 3.00 bits per heavy atom. The third-order valence-corrected chi connectivity index (χ3v) is 4.44. The zero-order valence-electron chi connectivity index (χ0n) is 10.5. The summed E-state index contributed by atoms with van der Waals surface area (Å²) in [6.07, 6.45) is 3.06. The highest BCUT2D eigenvalue weighted by Crippen LogP contribution is 2.29. The number of benzene rings is 1. The van der Waals surface area contributed by atoms with Crippen LogP contribution < -0.4 is 5.32 Å². The minimum atomic E-state index is 0.219. The van der Waals surface area contributed by atoms with Crippen LogP contribution in [0, 0.1) is 5.92 Å². The molecule has 1 heterocycles. The van der Waals surface area contributed by atoms with Crippen LogP contribution in [-0.2, 0) is 11.2 Å². The van der Waals surface area contributed by atoms with Crippen molar-refractivity contribution < 1.29 is 4.79 Å². The Bertz CT molecular complexity index is 571. The van der Waals surface area contributed by atoms with Crippen molar-refractivity contribution in [2.45, 2.75) is 32.2 Å². The molecular weight excluding hydrogens is 242 g/mol. The van der Waals surface area contributed by atoms with Crippen LogP contribution in [0.2, 0.25) is 0 Å². The molecule has 1 saturated carbocycles. The zero-order valence-corrected chi connectivity index (χ0v) is 11.3. The summed E-state index contributed by atoms with van der Waals surface area (Å²) >= 11 is 1.78. The van der Waals surface area contributed by atoms with Gasteiger partial charge >= 0.3 is 0 Å². The normalized spacial score (nSPS) is 16.7. The summed E-state index contributed by atoms with van der Waals surface area (Å²) in [6, 6.07) is 8.68. The lowest BCUT2D eigenvalue weighted by Gasteiger charge is -2.13. The van der Waals surface area contributed by atoms with E-state index in [-0.39, 0.29) is 11.9 Å². The standard InChI is InChI=1S/C15H17NOS/c1-10(16-15(17)11-6-7-11)8-12-9-18-14-5-3-2-4-13(12)14/h2-5,9-11H,6-8H2,1H3,(H,16,17)/t10-/m0/s1. The Hall–Kier alpha value is -1.35. The first-order valence-corrected chi connectivity index (χ1v) is 7.37. The van der Waals surface area contributed by atoms with Crippen LogP contribution in [-0.4, -0.2) is 11.9 Å². The van der Waals surface area contributed by atoms with Crippen LogP contribution in [0.25, 0.3) is 10.1 Å². The van der Waals surface area contributed by atoms with E-state index in [4.69, 9.17) is 0 Å². The van der Waals surface area contributed by atoms with E-state index in [0.29, 0.717) is 5.92 Å². The fourth-order valence-corrected chi connectivity index (χ4v) is 3.25. The van der Waals surface area contributed by atoms with Crippen molar-refractivity contribution in [3.05, 3.63) is 35.2 Å². The Balaban J connectivity index is 1.69. The third-order valence-electron chi connectivity index (χ3n) is 3.42. The van der Waals surface area contributed by atoms with Gasteiger partial charge in [0, 0.05) is 16.7 Å². The van der Waals surface area contributed by atoms with E-state index in [9.17, 15) is 4.79 Å². The SMILES string of the molecule is C[C@@H](Cc1csc2ccccc12)NC(=O)C1CC1. The van der Waals surface area contributed by atoms with Crippen LogP contribution in [0.3, 0.4) is 0 Å². The quantitative estimate of drug-likeness (QED) is 0.896. The molecule has 3 rings (SSSR count). The van der Waals surface area contributed by atoms with Crippen LogP contribution in [0.4, 0.5) is 0 Å². The van der Waals surface area contributed by atoms with Gasteiger partial charge in [0.05, 0.1) is 0 Å². The molecule has 0 spiro atoms. The van der Waals surface area contributed by atoms with Gasteiger partial charge in [-0.1, -0.05) is 18.2 Å². The first-order valence-electron chi connectivity index (χ1n) is 6.49. The molecule has 1 amide bonds. The summed E-state index contributed by atoms with van der Waals surface area (Å²) in [4.78, 5) is 11.7. The van der Waals surface area contributed by atoms with Gasteiger partial charge in [0.1, 0.15) is 0 Å². The molecule has 94 valence electrons. The molecule has 2 aromatic rings. The Labute approximate surface area is 111 Å². The predicted octanol–water partition coefficient (Wildman–Crippen LogP) is 3.36. The number of rotatable bonds is 4. The number of thiophene rings is 1. The molecule has 1 atom stereocenters. The maximum Gasteiger partial charge on any atom is 0.223 e. The molecule has 1 fully saturated rings. The number of carbonyl (C=O) groups is 1. The minimum absolute atomic E-state index is 0.219. The molecule has 2 nitrogen and oxygen atoms in total. The first-order chi connectivity index (χ1) is 8.74. The van der Waals surface area contributed by atoms with Crippen molar-refractivity contribution in [3.63, 3.8) is 0 Å². The monoisotopic (exact) mass is 259 g/mol. The lowest BCUT2D eigenvalue weighted by molar-refractivity contribution is -0.122. The third kappa shape index (κ3) is 2.41. The van der Waals surface area contributed by atoms with Gasteiger partial charge in [-0.3, -0.25) is 4.79 Å². The summed E-state index contributed by atoms with van der Waals surface area (Å²) in [7, 11) is 0. The van der Waals surface area contributed by atoms with E-state index < -0.39 is 0 Å². The number of nitrogens with one attached hydrogen (secondary N) is 1. The van der Waals surface area contributed by atoms with Crippen LogP contribution in [0.1, 0.15) is 25.3 Å². The van der Waals surface area contributed by atoms with Gasteiger partial charge in [-0.15, -0.1) is 11.3 Å². The summed E-state index contributed by atoms with van der Waals surface area (Å²) in [5, 5.41) is 6.65. The summed E-state index contributed by atoms with van der Waals surface area (Å²) < 4.78 is 1.33. The highest BCUT2D eigenvalue weighted by atomic mass is 32.1. The first kappa shape index (κ1) is 11.7. The molecule has 18 heavy (non-hydrogen) atoms. The van der Waals surface area contributed by atoms with E-state index in [0.717, 1.165) is 19.3 Å². The number of fused-ring (bicyclic) bond motifs is 1. The van der Waals surface area contributed by atoms with Crippen LogP contribution >= 0.6 is 11.3 Å². The van der Waals surface area contributed by atoms with Crippen molar-refractivity contribution in [2.24, 2.45) is 5.92 Å². The minimum Gasteiger partial charge on any atom is -0.353 e. The highest BCUT2D eigenvalue weighted by Gasteiger charge is 2.30. The van der Waals surface area contributed by atoms with E-state index in [2.05, 4.69) is 41.9 Å². The lowest BCUT2D eigenvalue weighted by atomic mass is 10.1. The van der Waals surface area contributed by atoms with Crippen molar-refractivity contribution in [1.29, 1.82) is 0 Å². The number of hydrogen-bond acceptors (Lipinski definition) is 2. The number of hydrogen-bond donors (Lipinski definition) is 1. The highest BCUT2D eigenvalue weighted by molar-refractivity contribution is 7.17. The van der Waals surface area contributed by atoms with Gasteiger partial charge < -0.3 is 5.32 Å². The van der Waals surface area contributed by atoms with Crippen molar-refractivity contribution in [2.75, 3.05) is 0 Å². The molecule has 0 radical (unpaired) electrons. The molecule has 1 aromatic carbocycles. The summed E-state index contributed by atoms with van der Waals surface area (Å²) in [6.45, 7) is 2.09. The van der Waals surface area contributed by atoms with Gasteiger partial charge in [0.15, 0.2) is 0 Å². The largest absolute Gasteiger partial charge is 0.353 e. The molecular formula is C15H17NOS. The number of carbonyl (C=O) groups excluding carboxylic acids is 1. The fraction of sp³-hybridized carbons (Fsp3) is 0.400. The molecule has 0 saturated heterocycles. The molecule has 0 bridgehead atoms. The zero-order chi connectivity index (χ0) is 12.5. The average molecular weight is 259 g/mol. The second kappa shape index (κ2) is 4.73. The number of amides is 1. The van der Waals surface area contributed by atoms with E-state index >= 15 is 0 Å². The van der Waals surface area contributed by atoms with Crippen molar-refractivity contribution in [3.8, 4) is 0 Å². The lowest BCUT2D eigenvalue weighted by Crippen LogP contribution is -2.35. The molecule has 1 aromatic heterocycles. The second-order valence-electron chi connectivity index (χ2n) is 5.15. The fourth-order valence-electron chi connectivity index (χ4n) is 2.28. The smallest absolute Gasteiger partial charge is 0.223 e. The molecule has 1 N–H and O–H groups in total. The Kier molecular flexibility index (Phi) is 3.08. The van der Waals surface area contributed by atoms with Gasteiger partial charge in [0.2, 0.25) is 5.91 Å². The van der Waals surface area contributed by atoms with Gasteiger partial charge in [0.25, 0.3) is 0 Å². The maximum absolute atomic E-state index is 11.7. The Morgan fingerprint density at radius 2 is 2.22 bits per heavy atom. The Morgan fingerprint density at radius 1 is 1.44 bits per heavy atom. The molecule has 1 aliphatic carbocycles. The molecule has 3 heteroatoms. The van der Waals surface area contributed by atoms with E-state index in [1.54, 1.807) is 11.3 Å². The van der Waals surface area contributed by atoms with E-state index in [1.807, 2.05) is 0 Å². The van der Waals surface area contributed by atoms with Crippen molar-refractivity contribution >= 4 is 27.3 Å². The predicted molar refractivity (Wildman–Crippen MR) is 75.9 cm³/mol. The molecule has 0 aliphatic heterocycles. The van der Waals surface area contributed by atoms with Gasteiger partial charge in [-0.05, 0) is 48.6 Å². The molecule has 0 unspecified atom stereocenters. The van der Waals surface area contributed by atoms with Gasteiger partial charge in [-0.25, -0.2) is 0 Å². The summed E-state index contributed by atoms with van der Waals surface area (Å²) in [5.41, 5.74) is 1.35. The van der Waals surface area contributed by atoms with E-state index in [1.165, 1.54) is 15.6 Å². The molecule has 1 aliphatic rings. The second-order valence-corrected chi connectivity index (χ2v) is 6.06. The topological polar surface area (TPSA) is 29.1 Å². The van der Waals surface area contributed by atoms with Gasteiger partial charge in [-0.2, -0.15) is 0 Å².